The first-order valence-electron chi connectivity index (χ1n) is 7.13. The van der Waals surface area contributed by atoms with E-state index < -0.39 is 0 Å². The first-order valence-corrected chi connectivity index (χ1v) is 7.13. The maximum absolute atomic E-state index is 8.85. The number of nitrogens with zero attached hydrogens (tertiary/aromatic N) is 4. The Hall–Kier alpha value is -2.89. The number of hydrogen-bond donors (Lipinski definition) is 2. The van der Waals surface area contributed by atoms with Crippen molar-refractivity contribution in [1.29, 1.82) is 0 Å². The summed E-state index contributed by atoms with van der Waals surface area (Å²) in [6.45, 7) is 3.44. The van der Waals surface area contributed by atoms with Crippen molar-refractivity contribution in [3.05, 3.63) is 53.9 Å². The van der Waals surface area contributed by atoms with E-state index in [4.69, 9.17) is 5.21 Å². The van der Waals surface area contributed by atoms with Gasteiger partial charge in [-0.1, -0.05) is 35.5 Å². The Morgan fingerprint density at radius 2 is 2.09 bits per heavy atom. The second-order valence-corrected chi connectivity index (χ2v) is 4.87. The van der Waals surface area contributed by atoms with Gasteiger partial charge in [0.2, 0.25) is 0 Å². The number of anilines is 1. The van der Waals surface area contributed by atoms with Crippen molar-refractivity contribution in [3.8, 4) is 0 Å². The Morgan fingerprint density at radius 3 is 2.82 bits per heavy atom. The quantitative estimate of drug-likeness (QED) is 0.431. The zero-order valence-electron chi connectivity index (χ0n) is 12.3. The van der Waals surface area contributed by atoms with Gasteiger partial charge in [-0.15, -0.1) is 0 Å². The predicted octanol–water partition coefficient (Wildman–Crippen LogP) is 2.87. The van der Waals surface area contributed by atoms with Crippen molar-refractivity contribution in [2.75, 3.05) is 5.32 Å². The summed E-state index contributed by atoms with van der Waals surface area (Å²) in [7, 11) is 0. The Bertz CT molecular complexity index is 795. The maximum Gasteiger partial charge on any atom is 0.159 e. The van der Waals surface area contributed by atoms with Crippen molar-refractivity contribution in [1.82, 2.24) is 14.8 Å². The van der Waals surface area contributed by atoms with Crippen LogP contribution in [0.4, 0.5) is 5.69 Å². The molecule has 0 unspecified atom stereocenters. The SMILES string of the molecule is CCn1ncc2c(NCc3ccccc3)c(/C=N\O)cnc21. The normalized spacial score (nSPS) is 11.3. The second kappa shape index (κ2) is 6.26. The van der Waals surface area contributed by atoms with Gasteiger partial charge in [-0.05, 0) is 12.5 Å². The van der Waals surface area contributed by atoms with Gasteiger partial charge < -0.3 is 10.5 Å². The molecule has 0 amide bonds. The van der Waals surface area contributed by atoms with Crippen LogP contribution in [0.25, 0.3) is 11.0 Å². The maximum atomic E-state index is 8.85. The first-order chi connectivity index (χ1) is 10.8. The molecule has 0 aliphatic carbocycles. The van der Waals surface area contributed by atoms with E-state index in [9.17, 15) is 0 Å². The van der Waals surface area contributed by atoms with E-state index in [1.807, 2.05) is 29.8 Å². The highest BCUT2D eigenvalue weighted by Gasteiger charge is 2.11. The number of aryl methyl sites for hydroxylation is 1. The Balaban J connectivity index is 2.00. The van der Waals surface area contributed by atoms with Crippen LogP contribution in [-0.2, 0) is 13.1 Å². The molecule has 0 fully saturated rings. The molecule has 3 aromatic rings. The van der Waals surface area contributed by atoms with E-state index in [2.05, 4.69) is 32.7 Å². The number of oxime groups is 1. The summed E-state index contributed by atoms with van der Waals surface area (Å²) in [4.78, 5) is 4.40. The molecule has 2 heterocycles. The van der Waals surface area contributed by atoms with Crippen molar-refractivity contribution in [2.45, 2.75) is 20.0 Å². The highest BCUT2D eigenvalue weighted by Crippen LogP contribution is 2.25. The van der Waals surface area contributed by atoms with Crippen molar-refractivity contribution in [2.24, 2.45) is 5.16 Å². The molecule has 1 aromatic carbocycles. The lowest BCUT2D eigenvalue weighted by Gasteiger charge is -2.11. The van der Waals surface area contributed by atoms with Crippen LogP contribution >= 0.6 is 0 Å². The standard InChI is InChI=1S/C16H17N5O/c1-2-21-16-14(11-19-21)15(13(9-18-16)10-20-22)17-8-12-6-4-3-5-7-12/h3-7,9-11,22H,2,8H2,1H3,(H,17,18)/b20-10-. The first kappa shape index (κ1) is 14.1. The van der Waals surface area contributed by atoms with Gasteiger partial charge in [0.15, 0.2) is 5.65 Å². The molecule has 6 nitrogen and oxygen atoms in total. The van der Waals surface area contributed by atoms with Crippen LogP contribution in [0, 0.1) is 0 Å². The zero-order chi connectivity index (χ0) is 15.4. The van der Waals surface area contributed by atoms with Crippen LogP contribution in [0.3, 0.4) is 0 Å². The third kappa shape index (κ3) is 2.63. The molecule has 0 spiro atoms. The van der Waals surface area contributed by atoms with E-state index >= 15 is 0 Å². The van der Waals surface area contributed by atoms with Gasteiger partial charge >= 0.3 is 0 Å². The average molecular weight is 295 g/mol. The molecule has 0 atom stereocenters. The summed E-state index contributed by atoms with van der Waals surface area (Å²) >= 11 is 0. The molecule has 0 saturated heterocycles. The van der Waals surface area contributed by atoms with Gasteiger partial charge in [-0.3, -0.25) is 0 Å². The number of pyridine rings is 1. The smallest absolute Gasteiger partial charge is 0.159 e. The van der Waals surface area contributed by atoms with Gasteiger partial charge in [0.05, 0.1) is 23.5 Å². The monoisotopic (exact) mass is 295 g/mol. The van der Waals surface area contributed by atoms with Crippen molar-refractivity contribution >= 4 is 22.9 Å². The van der Waals surface area contributed by atoms with Gasteiger partial charge in [-0.25, -0.2) is 9.67 Å². The fraction of sp³-hybridized carbons (Fsp3) is 0.188. The average Bonchev–Trinajstić information content (AvgIpc) is 2.98. The van der Waals surface area contributed by atoms with Crippen LogP contribution in [0.2, 0.25) is 0 Å². The molecular weight excluding hydrogens is 278 g/mol. The van der Waals surface area contributed by atoms with Crippen LogP contribution in [-0.4, -0.2) is 26.2 Å². The van der Waals surface area contributed by atoms with Gasteiger partial charge in [-0.2, -0.15) is 5.10 Å². The minimum absolute atomic E-state index is 0.670. The highest BCUT2D eigenvalue weighted by atomic mass is 16.4. The van der Waals surface area contributed by atoms with E-state index in [-0.39, 0.29) is 0 Å². The Kier molecular flexibility index (Phi) is 4.00. The molecular formula is C16H17N5O. The zero-order valence-corrected chi connectivity index (χ0v) is 12.3. The minimum Gasteiger partial charge on any atom is -0.411 e. The van der Waals surface area contributed by atoms with Crippen LogP contribution in [0.1, 0.15) is 18.1 Å². The third-order valence-electron chi connectivity index (χ3n) is 3.50. The van der Waals surface area contributed by atoms with Gasteiger partial charge in [0.25, 0.3) is 0 Å². The molecule has 0 aliphatic heterocycles. The lowest BCUT2D eigenvalue weighted by Crippen LogP contribution is -2.04. The van der Waals surface area contributed by atoms with E-state index in [0.717, 1.165) is 28.8 Å². The molecule has 2 aromatic heterocycles. The molecule has 112 valence electrons. The van der Waals surface area contributed by atoms with E-state index in [1.54, 1.807) is 12.4 Å². The van der Waals surface area contributed by atoms with Crippen molar-refractivity contribution < 1.29 is 5.21 Å². The second-order valence-electron chi connectivity index (χ2n) is 4.87. The summed E-state index contributed by atoms with van der Waals surface area (Å²) in [5.74, 6) is 0. The minimum atomic E-state index is 0.670. The fourth-order valence-corrected chi connectivity index (χ4v) is 2.42. The summed E-state index contributed by atoms with van der Waals surface area (Å²) in [5.41, 5.74) is 3.57. The molecule has 0 saturated carbocycles. The number of aromatic nitrogens is 3. The summed E-state index contributed by atoms with van der Waals surface area (Å²) < 4.78 is 1.84. The van der Waals surface area contributed by atoms with Crippen LogP contribution in [0.5, 0.6) is 0 Å². The van der Waals surface area contributed by atoms with Crippen LogP contribution in [0.15, 0.2) is 47.9 Å². The van der Waals surface area contributed by atoms with E-state index in [0.29, 0.717) is 6.54 Å². The predicted molar refractivity (Wildman–Crippen MR) is 86.4 cm³/mol. The van der Waals surface area contributed by atoms with Crippen LogP contribution < -0.4 is 5.32 Å². The molecule has 0 radical (unpaired) electrons. The lowest BCUT2D eigenvalue weighted by molar-refractivity contribution is 0.322. The molecule has 3 rings (SSSR count). The van der Waals surface area contributed by atoms with Crippen molar-refractivity contribution in [3.63, 3.8) is 0 Å². The molecule has 6 heteroatoms. The molecule has 2 N–H and O–H groups in total. The Morgan fingerprint density at radius 1 is 1.27 bits per heavy atom. The largest absolute Gasteiger partial charge is 0.411 e. The number of rotatable bonds is 5. The number of fused-ring (bicyclic) bond motifs is 1. The third-order valence-corrected chi connectivity index (χ3v) is 3.50. The number of benzene rings is 1. The molecule has 0 aliphatic rings. The summed E-state index contributed by atoms with van der Waals surface area (Å²) in [6.07, 6.45) is 4.85. The summed E-state index contributed by atoms with van der Waals surface area (Å²) in [6, 6.07) is 10.1. The topological polar surface area (TPSA) is 75.3 Å². The molecule has 0 bridgehead atoms. The lowest BCUT2D eigenvalue weighted by atomic mass is 10.1. The fourth-order valence-electron chi connectivity index (χ4n) is 2.42. The number of hydrogen-bond acceptors (Lipinski definition) is 5. The summed E-state index contributed by atoms with van der Waals surface area (Å²) in [5, 5.41) is 20.6. The molecule has 22 heavy (non-hydrogen) atoms. The Labute approximate surface area is 128 Å². The highest BCUT2D eigenvalue weighted by molar-refractivity contribution is 5.99. The van der Waals surface area contributed by atoms with E-state index in [1.165, 1.54) is 11.8 Å². The van der Waals surface area contributed by atoms with Gasteiger partial charge in [0, 0.05) is 24.8 Å². The van der Waals surface area contributed by atoms with Gasteiger partial charge in [0.1, 0.15) is 0 Å². The number of nitrogens with one attached hydrogen (secondary N) is 1.